The maximum Gasteiger partial charge on any atom is 0.135 e. The molecule has 3 N–H and O–H groups in total. The molecule has 6 heteroatoms. The average molecular weight is 416 g/mol. The van der Waals surface area contributed by atoms with Crippen LogP contribution >= 0.6 is 44.1 Å². The van der Waals surface area contributed by atoms with Gasteiger partial charge in [-0.2, -0.15) is 0 Å². The third kappa shape index (κ3) is 3.50. The van der Waals surface area contributed by atoms with Gasteiger partial charge in [0.05, 0.1) is 17.3 Å². The van der Waals surface area contributed by atoms with E-state index in [1.54, 1.807) is 7.11 Å². The summed E-state index contributed by atoms with van der Waals surface area (Å²) in [6.07, 6.45) is 0. The number of halogens is 2. The van der Waals surface area contributed by atoms with E-state index in [1.165, 1.54) is 0 Å². The lowest BCUT2D eigenvalue weighted by Crippen LogP contribution is -2.09. The smallest absolute Gasteiger partial charge is 0.135 e. The summed E-state index contributed by atoms with van der Waals surface area (Å²) >= 11 is 11.9. The molecule has 0 spiro atoms. The predicted molar refractivity (Wildman–Crippen MR) is 94.0 cm³/mol. The molecule has 0 atom stereocenters. The molecule has 0 bridgehead atoms. The van der Waals surface area contributed by atoms with Gasteiger partial charge in [0.25, 0.3) is 0 Å². The van der Waals surface area contributed by atoms with Gasteiger partial charge < -0.3 is 15.8 Å². The van der Waals surface area contributed by atoms with Crippen molar-refractivity contribution in [1.29, 1.82) is 0 Å². The number of hydrogen-bond donors (Lipinski definition) is 2. The summed E-state index contributed by atoms with van der Waals surface area (Å²) in [5.41, 5.74) is 8.28. The van der Waals surface area contributed by atoms with Gasteiger partial charge in [-0.3, -0.25) is 0 Å². The molecule has 2 aromatic carbocycles. The number of anilines is 2. The largest absolute Gasteiger partial charge is 0.495 e. The number of benzene rings is 2. The Morgan fingerprint density at radius 3 is 2.50 bits per heavy atom. The highest BCUT2D eigenvalue weighted by atomic mass is 79.9. The van der Waals surface area contributed by atoms with Crippen LogP contribution in [0.25, 0.3) is 0 Å². The van der Waals surface area contributed by atoms with Crippen LogP contribution in [0.15, 0.2) is 45.3 Å². The first-order chi connectivity index (χ1) is 9.51. The van der Waals surface area contributed by atoms with E-state index in [4.69, 9.17) is 22.7 Å². The second-order valence-corrected chi connectivity index (χ2v) is 6.18. The Labute approximate surface area is 139 Å². The Bertz CT molecular complexity index is 662. The first kappa shape index (κ1) is 15.3. The molecule has 0 saturated heterocycles. The zero-order valence-electron chi connectivity index (χ0n) is 10.6. The van der Waals surface area contributed by atoms with Crippen LogP contribution in [0.2, 0.25) is 0 Å². The van der Waals surface area contributed by atoms with E-state index in [1.807, 2.05) is 36.4 Å². The number of rotatable bonds is 4. The van der Waals surface area contributed by atoms with Gasteiger partial charge in [-0.15, -0.1) is 0 Å². The monoisotopic (exact) mass is 414 g/mol. The highest BCUT2D eigenvalue weighted by Crippen LogP contribution is 2.31. The molecule has 104 valence electrons. The second kappa shape index (κ2) is 6.56. The Morgan fingerprint density at radius 1 is 1.15 bits per heavy atom. The van der Waals surface area contributed by atoms with Crippen molar-refractivity contribution in [2.45, 2.75) is 0 Å². The lowest BCUT2D eigenvalue weighted by molar-refractivity contribution is 0.412. The standard InChI is InChI=1S/C14H12Br2N2OS/c1-19-13-7-9(3-4-10(13)15)18-12-5-2-8(14(17)20)6-11(12)16/h2-7,18H,1H3,(H2,17,20). The molecule has 2 rings (SSSR count). The Morgan fingerprint density at radius 2 is 1.90 bits per heavy atom. The Kier molecular flexibility index (Phi) is 5.01. The molecule has 0 amide bonds. The van der Waals surface area contributed by atoms with Crippen molar-refractivity contribution in [2.75, 3.05) is 12.4 Å². The fraction of sp³-hybridized carbons (Fsp3) is 0.0714. The van der Waals surface area contributed by atoms with E-state index in [-0.39, 0.29) is 0 Å². The number of methoxy groups -OCH3 is 1. The van der Waals surface area contributed by atoms with Gasteiger partial charge in [0.2, 0.25) is 0 Å². The summed E-state index contributed by atoms with van der Waals surface area (Å²) < 4.78 is 7.08. The zero-order valence-corrected chi connectivity index (χ0v) is 14.6. The van der Waals surface area contributed by atoms with Crippen molar-refractivity contribution in [3.05, 3.63) is 50.9 Å². The summed E-state index contributed by atoms with van der Waals surface area (Å²) in [7, 11) is 1.64. The normalized spacial score (nSPS) is 10.2. The third-order valence-corrected chi connectivity index (χ3v) is 4.23. The minimum absolute atomic E-state index is 0.377. The number of ether oxygens (including phenoxy) is 1. The van der Waals surface area contributed by atoms with Crippen LogP contribution in [-0.4, -0.2) is 12.1 Å². The van der Waals surface area contributed by atoms with Crippen molar-refractivity contribution in [3.8, 4) is 5.75 Å². The van der Waals surface area contributed by atoms with Crippen LogP contribution in [0.1, 0.15) is 5.56 Å². The summed E-state index contributed by atoms with van der Waals surface area (Å²) in [6, 6.07) is 11.5. The first-order valence-electron chi connectivity index (χ1n) is 5.71. The molecule has 0 aromatic heterocycles. The number of nitrogens with two attached hydrogens (primary N) is 1. The molecule has 0 aliphatic rings. The maximum absolute atomic E-state index is 5.61. The van der Waals surface area contributed by atoms with Crippen molar-refractivity contribution >= 4 is 60.4 Å². The van der Waals surface area contributed by atoms with Gasteiger partial charge >= 0.3 is 0 Å². The van der Waals surface area contributed by atoms with Crippen LogP contribution in [0.3, 0.4) is 0 Å². The molecule has 2 aromatic rings. The van der Waals surface area contributed by atoms with Crippen molar-refractivity contribution in [1.82, 2.24) is 0 Å². The van der Waals surface area contributed by atoms with E-state index < -0.39 is 0 Å². The van der Waals surface area contributed by atoms with E-state index >= 15 is 0 Å². The first-order valence-corrected chi connectivity index (χ1v) is 7.70. The van der Waals surface area contributed by atoms with Crippen LogP contribution in [-0.2, 0) is 0 Å². The lowest BCUT2D eigenvalue weighted by atomic mass is 10.2. The quantitative estimate of drug-likeness (QED) is 0.716. The molecule has 3 nitrogen and oxygen atoms in total. The Hall–Kier alpha value is -1.11. The van der Waals surface area contributed by atoms with Gasteiger partial charge in [-0.1, -0.05) is 12.2 Å². The fourth-order valence-corrected chi connectivity index (χ4v) is 2.68. The topological polar surface area (TPSA) is 47.3 Å². The molecule has 0 aliphatic carbocycles. The molecule has 0 unspecified atom stereocenters. The van der Waals surface area contributed by atoms with Gasteiger partial charge in [-0.05, 0) is 62.2 Å². The van der Waals surface area contributed by atoms with Crippen molar-refractivity contribution in [3.63, 3.8) is 0 Å². The summed E-state index contributed by atoms with van der Waals surface area (Å²) in [6.45, 7) is 0. The van der Waals surface area contributed by atoms with E-state index in [9.17, 15) is 0 Å². The number of nitrogens with one attached hydrogen (secondary N) is 1. The van der Waals surface area contributed by atoms with Crippen LogP contribution in [0.5, 0.6) is 5.75 Å². The van der Waals surface area contributed by atoms with Gasteiger partial charge in [-0.25, -0.2) is 0 Å². The average Bonchev–Trinajstić information content (AvgIpc) is 2.42. The van der Waals surface area contributed by atoms with E-state index in [0.717, 1.165) is 31.6 Å². The molecule has 0 fully saturated rings. The van der Waals surface area contributed by atoms with Crippen molar-refractivity contribution in [2.24, 2.45) is 5.73 Å². The SMILES string of the molecule is COc1cc(Nc2ccc(C(N)=S)cc2Br)ccc1Br. The van der Waals surface area contributed by atoms with Crippen LogP contribution < -0.4 is 15.8 Å². The summed E-state index contributed by atoms with van der Waals surface area (Å²) in [5, 5.41) is 3.31. The maximum atomic E-state index is 5.61. The molecule has 0 heterocycles. The molecule has 0 radical (unpaired) electrons. The molecule has 0 aliphatic heterocycles. The highest BCUT2D eigenvalue weighted by Gasteiger charge is 2.06. The van der Waals surface area contributed by atoms with Crippen molar-refractivity contribution < 1.29 is 4.74 Å². The molecular formula is C14H12Br2N2OS. The van der Waals surface area contributed by atoms with Gasteiger partial charge in [0.1, 0.15) is 10.7 Å². The molecule has 20 heavy (non-hydrogen) atoms. The molecular weight excluding hydrogens is 404 g/mol. The van der Waals surface area contributed by atoms with E-state index in [2.05, 4.69) is 37.2 Å². The predicted octanol–water partition coefficient (Wildman–Crippen LogP) is 4.60. The van der Waals surface area contributed by atoms with Gasteiger partial charge in [0, 0.05) is 21.8 Å². The summed E-state index contributed by atoms with van der Waals surface area (Å²) in [5.74, 6) is 0.769. The number of thiocarbonyl (C=S) groups is 1. The van der Waals surface area contributed by atoms with Crippen LogP contribution in [0.4, 0.5) is 11.4 Å². The summed E-state index contributed by atoms with van der Waals surface area (Å²) in [4.78, 5) is 0.377. The minimum Gasteiger partial charge on any atom is -0.495 e. The highest BCUT2D eigenvalue weighted by molar-refractivity contribution is 9.11. The lowest BCUT2D eigenvalue weighted by Gasteiger charge is -2.12. The fourth-order valence-electron chi connectivity index (χ4n) is 1.66. The third-order valence-electron chi connectivity index (χ3n) is 2.68. The zero-order chi connectivity index (χ0) is 14.7. The minimum atomic E-state index is 0.377. The van der Waals surface area contributed by atoms with Gasteiger partial charge in [0.15, 0.2) is 0 Å². The van der Waals surface area contributed by atoms with E-state index in [0.29, 0.717) is 4.99 Å². The van der Waals surface area contributed by atoms with Crippen LogP contribution in [0, 0.1) is 0 Å². The molecule has 0 saturated carbocycles. The second-order valence-electron chi connectivity index (χ2n) is 4.03. The Balaban J connectivity index is 2.28. The number of hydrogen-bond acceptors (Lipinski definition) is 3.